The minimum Gasteiger partial charge on any atom is -0.481 e. The average Bonchev–Trinajstić information content (AvgIpc) is 2.54. The summed E-state index contributed by atoms with van der Waals surface area (Å²) in [5.74, 6) is -1.30. The number of amides is 2. The van der Waals surface area contributed by atoms with Crippen LogP contribution in [0.25, 0.3) is 0 Å². The van der Waals surface area contributed by atoms with Crippen LogP contribution < -0.4 is 0 Å². The smallest absolute Gasteiger partial charge is 0.303 e. The highest BCUT2D eigenvalue weighted by molar-refractivity contribution is 6.19. The molecule has 0 fully saturated rings. The van der Waals surface area contributed by atoms with Crippen molar-refractivity contribution >= 4 is 17.8 Å². The van der Waals surface area contributed by atoms with Crippen LogP contribution in [-0.4, -0.2) is 34.3 Å². The monoisotopic (exact) mass is 237 g/mol. The first-order valence-corrected chi connectivity index (χ1v) is 5.91. The molecule has 2 aliphatic rings. The van der Waals surface area contributed by atoms with Crippen LogP contribution in [0.1, 0.15) is 38.5 Å². The summed E-state index contributed by atoms with van der Waals surface area (Å²) in [6.45, 7) is 0.219. The van der Waals surface area contributed by atoms with Gasteiger partial charge in [-0.25, -0.2) is 0 Å². The van der Waals surface area contributed by atoms with Gasteiger partial charge in [-0.15, -0.1) is 0 Å². The molecule has 0 saturated carbocycles. The summed E-state index contributed by atoms with van der Waals surface area (Å²) < 4.78 is 0. The summed E-state index contributed by atoms with van der Waals surface area (Å²) >= 11 is 0. The molecule has 0 bridgehead atoms. The van der Waals surface area contributed by atoms with Crippen molar-refractivity contribution in [1.29, 1.82) is 0 Å². The number of hydrogen-bond acceptors (Lipinski definition) is 3. The first-order chi connectivity index (χ1) is 8.11. The van der Waals surface area contributed by atoms with E-state index in [9.17, 15) is 14.4 Å². The van der Waals surface area contributed by atoms with Crippen molar-refractivity contribution in [3.05, 3.63) is 11.1 Å². The topological polar surface area (TPSA) is 74.7 Å². The third kappa shape index (κ3) is 2.23. The standard InChI is InChI=1S/C12H15NO4/c14-10(15)6-3-7-13-11(16)8-4-1-2-5-9(8)12(13)17/h1-7H2,(H,14,15). The van der Waals surface area contributed by atoms with Crippen LogP contribution in [0.4, 0.5) is 0 Å². The summed E-state index contributed by atoms with van der Waals surface area (Å²) in [5, 5.41) is 8.53. The first kappa shape index (κ1) is 11.8. The van der Waals surface area contributed by atoms with Gasteiger partial charge in [0.1, 0.15) is 0 Å². The van der Waals surface area contributed by atoms with Gasteiger partial charge in [-0.05, 0) is 32.1 Å². The van der Waals surface area contributed by atoms with Crippen LogP contribution in [0.15, 0.2) is 11.1 Å². The number of carboxylic acids is 1. The van der Waals surface area contributed by atoms with Crippen LogP contribution in [0.3, 0.4) is 0 Å². The third-order valence-corrected chi connectivity index (χ3v) is 3.25. The van der Waals surface area contributed by atoms with Gasteiger partial charge in [0.05, 0.1) is 0 Å². The Bertz CT molecular complexity index is 383. The average molecular weight is 237 g/mol. The summed E-state index contributed by atoms with van der Waals surface area (Å²) in [7, 11) is 0. The molecule has 5 nitrogen and oxygen atoms in total. The van der Waals surface area contributed by atoms with Gasteiger partial charge < -0.3 is 5.11 Å². The maximum Gasteiger partial charge on any atom is 0.303 e. The van der Waals surface area contributed by atoms with E-state index in [0.29, 0.717) is 30.4 Å². The number of carbonyl (C=O) groups excluding carboxylic acids is 2. The summed E-state index contributed by atoms with van der Waals surface area (Å²) in [6.07, 6.45) is 3.61. The predicted octanol–water partition coefficient (Wildman–Crippen LogP) is 1.09. The zero-order chi connectivity index (χ0) is 12.4. The van der Waals surface area contributed by atoms with Crippen LogP contribution in [0.5, 0.6) is 0 Å². The van der Waals surface area contributed by atoms with Gasteiger partial charge in [0.15, 0.2) is 0 Å². The third-order valence-electron chi connectivity index (χ3n) is 3.25. The molecule has 1 aliphatic heterocycles. The Labute approximate surface area is 99.1 Å². The van der Waals surface area contributed by atoms with Crippen molar-refractivity contribution in [1.82, 2.24) is 4.90 Å². The Hall–Kier alpha value is -1.65. The number of carbonyl (C=O) groups is 3. The number of nitrogens with zero attached hydrogens (tertiary/aromatic N) is 1. The van der Waals surface area contributed by atoms with Gasteiger partial charge in [-0.1, -0.05) is 0 Å². The molecule has 2 amide bonds. The minimum atomic E-state index is -0.901. The van der Waals surface area contributed by atoms with Gasteiger partial charge in [0.2, 0.25) is 0 Å². The number of carboxylic acid groups (broad SMARTS) is 1. The lowest BCUT2D eigenvalue weighted by atomic mass is 9.93. The normalized spacial score (nSPS) is 19.9. The number of imide groups is 1. The largest absolute Gasteiger partial charge is 0.481 e. The number of rotatable bonds is 4. The highest BCUT2D eigenvalue weighted by atomic mass is 16.4. The van der Waals surface area contributed by atoms with Crippen molar-refractivity contribution in [2.24, 2.45) is 0 Å². The molecule has 0 aromatic carbocycles. The molecule has 0 saturated heterocycles. The van der Waals surface area contributed by atoms with Crippen LogP contribution in [-0.2, 0) is 14.4 Å². The fraction of sp³-hybridized carbons (Fsp3) is 0.583. The maximum absolute atomic E-state index is 11.9. The summed E-state index contributed by atoms with van der Waals surface area (Å²) in [6, 6.07) is 0. The van der Waals surface area contributed by atoms with E-state index in [1.165, 1.54) is 4.90 Å². The van der Waals surface area contributed by atoms with E-state index in [0.717, 1.165) is 12.8 Å². The molecule has 0 spiro atoms. The molecular weight excluding hydrogens is 222 g/mol. The SMILES string of the molecule is O=C(O)CCCN1C(=O)C2=C(CCCC2)C1=O. The quantitative estimate of drug-likeness (QED) is 0.743. The van der Waals surface area contributed by atoms with E-state index in [1.807, 2.05) is 0 Å². The molecule has 2 rings (SSSR count). The van der Waals surface area contributed by atoms with Gasteiger partial charge >= 0.3 is 5.97 Å². The summed E-state index contributed by atoms with van der Waals surface area (Å²) in [4.78, 5) is 35.4. The molecule has 0 radical (unpaired) electrons. The van der Waals surface area contributed by atoms with E-state index in [1.54, 1.807) is 0 Å². The lowest BCUT2D eigenvalue weighted by molar-refractivity contribution is -0.140. The van der Waals surface area contributed by atoms with Crippen molar-refractivity contribution in [3.63, 3.8) is 0 Å². The van der Waals surface area contributed by atoms with Crippen molar-refractivity contribution in [3.8, 4) is 0 Å². The molecule has 92 valence electrons. The van der Waals surface area contributed by atoms with E-state index in [-0.39, 0.29) is 24.8 Å². The molecule has 0 unspecified atom stereocenters. The van der Waals surface area contributed by atoms with Gasteiger partial charge in [-0.2, -0.15) is 0 Å². The van der Waals surface area contributed by atoms with Gasteiger partial charge in [0, 0.05) is 24.1 Å². The molecule has 17 heavy (non-hydrogen) atoms. The zero-order valence-corrected chi connectivity index (χ0v) is 9.57. The maximum atomic E-state index is 11.9. The molecule has 1 N–H and O–H groups in total. The zero-order valence-electron chi connectivity index (χ0n) is 9.57. The molecule has 1 heterocycles. The fourth-order valence-electron chi connectivity index (χ4n) is 2.39. The van der Waals surface area contributed by atoms with E-state index < -0.39 is 5.97 Å². The minimum absolute atomic E-state index is 0.0122. The van der Waals surface area contributed by atoms with E-state index in [4.69, 9.17) is 5.11 Å². The Morgan fingerprint density at radius 1 is 1.12 bits per heavy atom. The second kappa shape index (κ2) is 4.69. The Kier molecular flexibility index (Phi) is 3.26. The van der Waals surface area contributed by atoms with E-state index >= 15 is 0 Å². The molecule has 0 atom stereocenters. The fourth-order valence-corrected chi connectivity index (χ4v) is 2.39. The Balaban J connectivity index is 2.00. The van der Waals surface area contributed by atoms with Crippen LogP contribution in [0, 0.1) is 0 Å². The second-order valence-corrected chi connectivity index (χ2v) is 4.42. The summed E-state index contributed by atoms with van der Waals surface area (Å²) in [5.41, 5.74) is 1.33. The van der Waals surface area contributed by atoms with Crippen molar-refractivity contribution in [2.45, 2.75) is 38.5 Å². The van der Waals surface area contributed by atoms with Crippen LogP contribution >= 0.6 is 0 Å². The van der Waals surface area contributed by atoms with E-state index in [2.05, 4.69) is 0 Å². The Morgan fingerprint density at radius 3 is 2.12 bits per heavy atom. The van der Waals surface area contributed by atoms with Crippen LogP contribution in [0.2, 0.25) is 0 Å². The number of hydrogen-bond donors (Lipinski definition) is 1. The van der Waals surface area contributed by atoms with Crippen molar-refractivity contribution in [2.75, 3.05) is 6.54 Å². The van der Waals surface area contributed by atoms with Gasteiger partial charge in [0.25, 0.3) is 11.8 Å². The lowest BCUT2D eigenvalue weighted by Gasteiger charge is -2.13. The molecular formula is C12H15NO4. The second-order valence-electron chi connectivity index (χ2n) is 4.42. The molecule has 5 heteroatoms. The predicted molar refractivity (Wildman–Crippen MR) is 59.1 cm³/mol. The van der Waals surface area contributed by atoms with Crippen molar-refractivity contribution < 1.29 is 19.5 Å². The Morgan fingerprint density at radius 2 is 1.65 bits per heavy atom. The lowest BCUT2D eigenvalue weighted by Crippen LogP contribution is -2.32. The molecule has 0 aromatic rings. The van der Waals surface area contributed by atoms with Gasteiger partial charge in [-0.3, -0.25) is 19.3 Å². The first-order valence-electron chi connectivity index (χ1n) is 5.91. The molecule has 0 aromatic heterocycles. The highest BCUT2D eigenvalue weighted by Crippen LogP contribution is 2.32. The molecule has 1 aliphatic carbocycles. The highest BCUT2D eigenvalue weighted by Gasteiger charge is 2.38. The number of aliphatic carboxylic acids is 1.